The van der Waals surface area contributed by atoms with Crippen molar-refractivity contribution in [1.82, 2.24) is 19.9 Å². The normalized spacial score (nSPS) is 10.9. The number of nitrogens with zero attached hydrogens (tertiary/aromatic N) is 2. The monoisotopic (exact) mass is 324 g/mol. The minimum atomic E-state index is -0.0652. The molecule has 0 fully saturated rings. The van der Waals surface area contributed by atoms with Gasteiger partial charge in [-0.3, -0.25) is 14.2 Å². The van der Waals surface area contributed by atoms with Crippen molar-refractivity contribution in [3.8, 4) is 0 Å². The van der Waals surface area contributed by atoms with Gasteiger partial charge in [-0.15, -0.1) is 0 Å². The number of H-pyrrole nitrogens is 1. The largest absolute Gasteiger partial charge is 0.361 e. The summed E-state index contributed by atoms with van der Waals surface area (Å²) in [5.74, 6) is -0.0652. The van der Waals surface area contributed by atoms with Crippen LogP contribution in [0.1, 0.15) is 16.8 Å². The summed E-state index contributed by atoms with van der Waals surface area (Å²) in [4.78, 5) is 31.5. The molecular formula is C18H20N4O2. The van der Waals surface area contributed by atoms with Crippen molar-refractivity contribution in [2.24, 2.45) is 0 Å². The molecule has 0 aliphatic rings. The highest BCUT2D eigenvalue weighted by molar-refractivity contribution is 5.88. The lowest BCUT2D eigenvalue weighted by molar-refractivity contribution is -0.120. The van der Waals surface area contributed by atoms with Crippen molar-refractivity contribution >= 4 is 16.8 Å². The van der Waals surface area contributed by atoms with E-state index in [1.165, 1.54) is 10.9 Å². The fourth-order valence-corrected chi connectivity index (χ4v) is 2.66. The van der Waals surface area contributed by atoms with Gasteiger partial charge in [0.1, 0.15) is 0 Å². The zero-order valence-corrected chi connectivity index (χ0v) is 13.8. The number of fused-ring (bicyclic) bond motifs is 1. The van der Waals surface area contributed by atoms with Crippen LogP contribution < -0.4 is 10.9 Å². The smallest absolute Gasteiger partial charge is 0.256 e. The molecule has 0 unspecified atom stereocenters. The third kappa shape index (κ3) is 3.22. The van der Waals surface area contributed by atoms with Crippen LogP contribution in [-0.4, -0.2) is 27.0 Å². The van der Waals surface area contributed by atoms with Crippen LogP contribution in [0.25, 0.3) is 10.9 Å². The van der Waals surface area contributed by atoms with E-state index in [-0.39, 0.29) is 11.5 Å². The molecule has 24 heavy (non-hydrogen) atoms. The van der Waals surface area contributed by atoms with Gasteiger partial charge in [0, 0.05) is 41.4 Å². The predicted octanol–water partition coefficient (Wildman–Crippen LogP) is 1.70. The number of carbonyl (C=O) groups is 1. The van der Waals surface area contributed by atoms with Crippen LogP contribution >= 0.6 is 0 Å². The number of carbonyl (C=O) groups excluding carboxylic acids is 1. The van der Waals surface area contributed by atoms with E-state index in [0.29, 0.717) is 25.1 Å². The lowest BCUT2D eigenvalue weighted by Gasteiger charge is -2.09. The van der Waals surface area contributed by atoms with Crippen LogP contribution in [0, 0.1) is 13.8 Å². The molecule has 2 N–H and O–H groups in total. The molecule has 0 saturated heterocycles. The molecule has 0 saturated carbocycles. The van der Waals surface area contributed by atoms with Crippen LogP contribution in [0.4, 0.5) is 0 Å². The summed E-state index contributed by atoms with van der Waals surface area (Å²) >= 11 is 0. The molecule has 0 spiro atoms. The maximum Gasteiger partial charge on any atom is 0.256 e. The molecule has 0 atom stereocenters. The van der Waals surface area contributed by atoms with Crippen molar-refractivity contribution in [2.75, 3.05) is 6.54 Å². The van der Waals surface area contributed by atoms with E-state index >= 15 is 0 Å². The average Bonchev–Trinajstić information content (AvgIpc) is 2.98. The molecule has 2 aromatic heterocycles. The van der Waals surface area contributed by atoms with Gasteiger partial charge in [0.05, 0.1) is 12.7 Å². The molecule has 0 radical (unpaired) electrons. The Hall–Kier alpha value is -2.89. The Morgan fingerprint density at radius 3 is 2.92 bits per heavy atom. The molecule has 0 bridgehead atoms. The van der Waals surface area contributed by atoms with Gasteiger partial charge in [0.15, 0.2) is 0 Å². The number of hydrogen-bond donors (Lipinski definition) is 2. The van der Waals surface area contributed by atoms with Crippen LogP contribution in [0.2, 0.25) is 0 Å². The summed E-state index contributed by atoms with van der Waals surface area (Å²) in [6, 6.07) is 7.89. The first kappa shape index (κ1) is 16.0. The van der Waals surface area contributed by atoms with Gasteiger partial charge in [0.2, 0.25) is 5.91 Å². The number of aromatic amines is 1. The highest BCUT2D eigenvalue weighted by Gasteiger charge is 2.09. The van der Waals surface area contributed by atoms with Gasteiger partial charge in [0.25, 0.3) is 5.56 Å². The van der Waals surface area contributed by atoms with Crippen molar-refractivity contribution in [2.45, 2.75) is 26.8 Å². The number of hydrogen-bond acceptors (Lipinski definition) is 3. The molecule has 124 valence electrons. The maximum absolute atomic E-state index is 12.1. The summed E-state index contributed by atoms with van der Waals surface area (Å²) in [6.07, 6.45) is 3.70. The first-order chi connectivity index (χ1) is 11.6. The Morgan fingerprint density at radius 1 is 1.29 bits per heavy atom. The van der Waals surface area contributed by atoms with Crippen molar-refractivity contribution in [3.05, 3.63) is 64.0 Å². The predicted molar refractivity (Wildman–Crippen MR) is 93.0 cm³/mol. The van der Waals surface area contributed by atoms with Crippen LogP contribution in [0.5, 0.6) is 0 Å². The number of nitrogens with one attached hydrogen (secondary N) is 2. The van der Waals surface area contributed by atoms with Crippen molar-refractivity contribution < 1.29 is 4.79 Å². The summed E-state index contributed by atoms with van der Waals surface area (Å²) in [6.45, 7) is 4.37. The molecule has 3 rings (SSSR count). The minimum Gasteiger partial charge on any atom is -0.361 e. The van der Waals surface area contributed by atoms with Gasteiger partial charge in [-0.1, -0.05) is 18.2 Å². The van der Waals surface area contributed by atoms with Gasteiger partial charge < -0.3 is 10.3 Å². The Balaban J connectivity index is 1.58. The summed E-state index contributed by atoms with van der Waals surface area (Å²) in [7, 11) is 0. The molecule has 0 aliphatic carbocycles. The third-order valence-corrected chi connectivity index (χ3v) is 4.22. The van der Waals surface area contributed by atoms with E-state index in [4.69, 9.17) is 0 Å². The first-order valence-electron chi connectivity index (χ1n) is 7.90. The summed E-state index contributed by atoms with van der Waals surface area (Å²) in [5.41, 5.74) is 3.30. The second kappa shape index (κ2) is 6.70. The van der Waals surface area contributed by atoms with Crippen LogP contribution in [0.3, 0.4) is 0 Å². The number of rotatable bonds is 5. The Labute approximate surface area is 139 Å². The molecular weight excluding hydrogens is 304 g/mol. The van der Waals surface area contributed by atoms with Gasteiger partial charge in [-0.2, -0.15) is 0 Å². The quantitative estimate of drug-likeness (QED) is 0.750. The van der Waals surface area contributed by atoms with E-state index in [0.717, 1.165) is 22.2 Å². The number of aryl methyl sites for hydroxylation is 1. The van der Waals surface area contributed by atoms with Gasteiger partial charge in [-0.25, -0.2) is 4.98 Å². The van der Waals surface area contributed by atoms with Gasteiger partial charge in [-0.05, 0) is 25.5 Å². The Morgan fingerprint density at radius 2 is 2.08 bits per heavy atom. The van der Waals surface area contributed by atoms with Gasteiger partial charge >= 0.3 is 0 Å². The van der Waals surface area contributed by atoms with E-state index in [2.05, 4.69) is 15.3 Å². The van der Waals surface area contributed by atoms with Crippen molar-refractivity contribution in [1.29, 1.82) is 0 Å². The highest BCUT2D eigenvalue weighted by atomic mass is 16.1. The maximum atomic E-state index is 12.1. The average molecular weight is 324 g/mol. The Kier molecular flexibility index (Phi) is 4.46. The number of para-hydroxylation sites is 1. The standard InChI is InChI=1S/C18H20N4O2/c1-12-13(2)21-11-22(18(12)24)8-7-19-17(23)9-14-10-20-16-6-4-3-5-15(14)16/h3-6,10-11,20H,7-9H2,1-2H3,(H,19,23). The molecule has 6 nitrogen and oxygen atoms in total. The number of aromatic nitrogens is 3. The lowest BCUT2D eigenvalue weighted by Crippen LogP contribution is -2.32. The summed E-state index contributed by atoms with van der Waals surface area (Å²) in [5, 5.41) is 3.91. The summed E-state index contributed by atoms with van der Waals surface area (Å²) < 4.78 is 1.52. The fraction of sp³-hybridized carbons (Fsp3) is 0.278. The lowest BCUT2D eigenvalue weighted by atomic mass is 10.1. The molecule has 6 heteroatoms. The topological polar surface area (TPSA) is 79.8 Å². The second-order valence-corrected chi connectivity index (χ2v) is 5.84. The number of amides is 1. The fourth-order valence-electron chi connectivity index (χ4n) is 2.66. The van der Waals surface area contributed by atoms with E-state index < -0.39 is 0 Å². The molecule has 1 aromatic carbocycles. The molecule has 3 aromatic rings. The first-order valence-corrected chi connectivity index (χ1v) is 7.90. The van der Waals surface area contributed by atoms with E-state index in [9.17, 15) is 9.59 Å². The highest BCUT2D eigenvalue weighted by Crippen LogP contribution is 2.17. The molecule has 0 aliphatic heterocycles. The van der Waals surface area contributed by atoms with E-state index in [1.54, 1.807) is 6.92 Å². The van der Waals surface area contributed by atoms with E-state index in [1.807, 2.05) is 37.4 Å². The zero-order valence-electron chi connectivity index (χ0n) is 13.8. The molecule has 1 amide bonds. The van der Waals surface area contributed by atoms with Crippen LogP contribution in [-0.2, 0) is 17.8 Å². The minimum absolute atomic E-state index is 0.0617. The van der Waals surface area contributed by atoms with Crippen molar-refractivity contribution in [3.63, 3.8) is 0 Å². The Bertz CT molecular complexity index is 940. The second-order valence-electron chi connectivity index (χ2n) is 5.84. The zero-order chi connectivity index (χ0) is 17.1. The SMILES string of the molecule is Cc1ncn(CCNC(=O)Cc2c[nH]c3ccccc23)c(=O)c1C. The third-order valence-electron chi connectivity index (χ3n) is 4.22. The number of benzene rings is 1. The molecule has 2 heterocycles. The van der Waals surface area contributed by atoms with Crippen LogP contribution in [0.15, 0.2) is 41.6 Å².